The van der Waals surface area contributed by atoms with Crippen molar-refractivity contribution in [1.29, 1.82) is 0 Å². The average molecular weight is 331 g/mol. The number of nitrogens with one attached hydrogen (secondary N) is 2. The van der Waals surface area contributed by atoms with Crippen molar-refractivity contribution >= 4 is 27.9 Å². The molecule has 0 aliphatic rings. The van der Waals surface area contributed by atoms with Gasteiger partial charge in [-0.3, -0.25) is 4.79 Å². The summed E-state index contributed by atoms with van der Waals surface area (Å²) in [6.45, 7) is 0.101. The Morgan fingerprint density at radius 2 is 2.05 bits per heavy atom. The lowest BCUT2D eigenvalue weighted by Gasteiger charge is -2.13. The Kier molecular flexibility index (Phi) is 6.31. The zero-order chi connectivity index (χ0) is 14.3. The first-order chi connectivity index (χ1) is 8.99. The van der Waals surface area contributed by atoms with Crippen LogP contribution in [0.3, 0.4) is 0 Å². The van der Waals surface area contributed by atoms with Gasteiger partial charge in [0.15, 0.2) is 0 Å². The molecule has 0 bridgehead atoms. The van der Waals surface area contributed by atoms with E-state index in [4.69, 9.17) is 5.11 Å². The van der Waals surface area contributed by atoms with Crippen LogP contribution in [-0.2, 0) is 4.79 Å². The molecule has 1 aromatic rings. The van der Waals surface area contributed by atoms with Gasteiger partial charge >= 0.3 is 12.0 Å². The molecule has 0 aliphatic carbocycles. The van der Waals surface area contributed by atoms with Gasteiger partial charge in [-0.2, -0.15) is 0 Å². The zero-order valence-electron chi connectivity index (χ0n) is 10.1. The molecule has 1 atom stereocenters. The third kappa shape index (κ3) is 6.21. The van der Waals surface area contributed by atoms with Crippen LogP contribution in [0.15, 0.2) is 28.7 Å². The summed E-state index contributed by atoms with van der Waals surface area (Å²) in [5.74, 6) is -0.977. The third-order valence-electron chi connectivity index (χ3n) is 2.31. The fraction of sp³-hybridized carbons (Fsp3) is 0.333. The van der Waals surface area contributed by atoms with E-state index in [1.807, 2.05) is 6.07 Å². The predicted octanol–water partition coefficient (Wildman–Crippen LogP) is 1.26. The largest absolute Gasteiger partial charge is 0.481 e. The number of rotatable bonds is 6. The number of carboxylic acid groups (broad SMARTS) is 1. The molecule has 2 amide bonds. The molecule has 4 N–H and O–H groups in total. The molecule has 19 heavy (non-hydrogen) atoms. The van der Waals surface area contributed by atoms with E-state index in [-0.39, 0.29) is 19.5 Å². The maximum atomic E-state index is 11.3. The molecule has 0 aliphatic heterocycles. The Bertz CT molecular complexity index is 453. The van der Waals surface area contributed by atoms with Crippen LogP contribution in [0.4, 0.5) is 4.79 Å². The van der Waals surface area contributed by atoms with Crippen LogP contribution in [0.5, 0.6) is 0 Å². The van der Waals surface area contributed by atoms with Gasteiger partial charge in [-0.05, 0) is 17.7 Å². The predicted molar refractivity (Wildman–Crippen MR) is 72.8 cm³/mol. The lowest BCUT2D eigenvalue weighted by molar-refractivity contribution is -0.136. The molecule has 0 unspecified atom stereocenters. The van der Waals surface area contributed by atoms with E-state index in [1.165, 1.54) is 0 Å². The minimum atomic E-state index is -0.977. The van der Waals surface area contributed by atoms with E-state index in [2.05, 4.69) is 26.6 Å². The van der Waals surface area contributed by atoms with Gasteiger partial charge in [0.1, 0.15) is 0 Å². The summed E-state index contributed by atoms with van der Waals surface area (Å²) in [7, 11) is 0. The number of amides is 2. The summed E-state index contributed by atoms with van der Waals surface area (Å²) in [6, 6.07) is 6.63. The van der Waals surface area contributed by atoms with E-state index < -0.39 is 18.1 Å². The second-order valence-corrected chi connectivity index (χ2v) is 4.77. The Morgan fingerprint density at radius 1 is 1.32 bits per heavy atom. The van der Waals surface area contributed by atoms with Crippen LogP contribution >= 0.6 is 15.9 Å². The van der Waals surface area contributed by atoms with Gasteiger partial charge in [0.05, 0.1) is 12.5 Å². The lowest BCUT2D eigenvalue weighted by atomic mass is 10.1. The van der Waals surface area contributed by atoms with Gasteiger partial charge in [-0.25, -0.2) is 4.79 Å². The number of hydrogen-bond donors (Lipinski definition) is 4. The number of aliphatic hydroxyl groups is 1. The molecule has 7 heteroatoms. The molecule has 104 valence electrons. The molecule has 0 fully saturated rings. The van der Waals surface area contributed by atoms with E-state index in [0.29, 0.717) is 5.56 Å². The SMILES string of the molecule is O=C(O)CCNC(=O)NC[C@@H](O)c1cccc(Br)c1. The van der Waals surface area contributed by atoms with E-state index in [9.17, 15) is 14.7 Å². The first-order valence-corrected chi connectivity index (χ1v) is 6.45. The number of benzene rings is 1. The highest BCUT2D eigenvalue weighted by molar-refractivity contribution is 9.10. The highest BCUT2D eigenvalue weighted by atomic mass is 79.9. The fourth-order valence-corrected chi connectivity index (χ4v) is 1.78. The molecule has 0 heterocycles. The van der Waals surface area contributed by atoms with Crippen molar-refractivity contribution in [3.8, 4) is 0 Å². The molecule has 0 spiro atoms. The summed E-state index contributed by atoms with van der Waals surface area (Å²) < 4.78 is 0.843. The fourth-order valence-electron chi connectivity index (χ4n) is 1.37. The quantitative estimate of drug-likeness (QED) is 0.631. The van der Waals surface area contributed by atoms with E-state index in [0.717, 1.165) is 4.47 Å². The summed E-state index contributed by atoms with van der Waals surface area (Å²) in [6.07, 6.45) is -0.954. The maximum Gasteiger partial charge on any atom is 0.314 e. The topological polar surface area (TPSA) is 98.7 Å². The normalized spacial score (nSPS) is 11.7. The molecule has 0 radical (unpaired) electrons. The highest BCUT2D eigenvalue weighted by Crippen LogP contribution is 2.17. The minimum absolute atomic E-state index is 0.0497. The smallest absolute Gasteiger partial charge is 0.314 e. The van der Waals surface area contributed by atoms with Crippen LogP contribution in [0, 0.1) is 0 Å². The van der Waals surface area contributed by atoms with Crippen molar-refractivity contribution < 1.29 is 19.8 Å². The molecular weight excluding hydrogens is 316 g/mol. The van der Waals surface area contributed by atoms with Crippen LogP contribution in [0.25, 0.3) is 0 Å². The minimum Gasteiger partial charge on any atom is -0.481 e. The molecule has 0 saturated carbocycles. The number of carbonyl (C=O) groups is 2. The summed E-state index contributed by atoms with van der Waals surface area (Å²) in [5.41, 5.74) is 0.681. The van der Waals surface area contributed by atoms with Crippen LogP contribution in [-0.4, -0.2) is 35.3 Å². The summed E-state index contributed by atoms with van der Waals surface area (Å²) in [5, 5.41) is 23.1. The first kappa shape index (κ1) is 15.5. The van der Waals surface area contributed by atoms with Crippen molar-refractivity contribution in [1.82, 2.24) is 10.6 Å². The van der Waals surface area contributed by atoms with Gasteiger partial charge in [0.2, 0.25) is 0 Å². The van der Waals surface area contributed by atoms with Crippen LogP contribution in [0.1, 0.15) is 18.1 Å². The molecule has 1 aromatic carbocycles. The van der Waals surface area contributed by atoms with Crippen molar-refractivity contribution in [2.75, 3.05) is 13.1 Å². The van der Waals surface area contributed by atoms with Gasteiger partial charge in [0.25, 0.3) is 0 Å². The maximum absolute atomic E-state index is 11.3. The van der Waals surface area contributed by atoms with Gasteiger partial charge in [-0.1, -0.05) is 28.1 Å². The van der Waals surface area contributed by atoms with Crippen molar-refractivity contribution in [3.05, 3.63) is 34.3 Å². The standard InChI is InChI=1S/C12H15BrN2O4/c13-9-3-1-2-8(6-9)10(16)7-15-12(19)14-5-4-11(17)18/h1-3,6,10,16H,4-5,7H2,(H,17,18)(H2,14,15,19)/t10-/m1/s1. The number of hydrogen-bond acceptors (Lipinski definition) is 3. The lowest BCUT2D eigenvalue weighted by Crippen LogP contribution is -2.38. The van der Waals surface area contributed by atoms with Crippen molar-refractivity contribution in [2.24, 2.45) is 0 Å². The number of carboxylic acids is 1. The van der Waals surface area contributed by atoms with E-state index in [1.54, 1.807) is 18.2 Å². The third-order valence-corrected chi connectivity index (χ3v) is 2.81. The summed E-state index contributed by atoms with van der Waals surface area (Å²) in [4.78, 5) is 21.5. The zero-order valence-corrected chi connectivity index (χ0v) is 11.7. The number of halogens is 1. The number of aliphatic hydroxyl groups excluding tert-OH is 1. The van der Waals surface area contributed by atoms with Gasteiger partial charge in [-0.15, -0.1) is 0 Å². The molecule has 1 rings (SSSR count). The van der Waals surface area contributed by atoms with Crippen LogP contribution in [0.2, 0.25) is 0 Å². The highest BCUT2D eigenvalue weighted by Gasteiger charge is 2.09. The summed E-state index contributed by atoms with van der Waals surface area (Å²) >= 11 is 3.29. The Balaban J connectivity index is 2.31. The number of carbonyl (C=O) groups excluding carboxylic acids is 1. The average Bonchev–Trinajstić information content (AvgIpc) is 2.35. The number of urea groups is 1. The van der Waals surface area contributed by atoms with Gasteiger partial charge in [0, 0.05) is 17.6 Å². The number of aliphatic carboxylic acids is 1. The molecule has 0 aromatic heterocycles. The molecule has 6 nitrogen and oxygen atoms in total. The second-order valence-electron chi connectivity index (χ2n) is 3.85. The van der Waals surface area contributed by atoms with Crippen molar-refractivity contribution in [2.45, 2.75) is 12.5 Å². The van der Waals surface area contributed by atoms with E-state index >= 15 is 0 Å². The Hall–Kier alpha value is -1.60. The Morgan fingerprint density at radius 3 is 2.68 bits per heavy atom. The monoisotopic (exact) mass is 330 g/mol. The molecule has 0 saturated heterocycles. The Labute approximate surface area is 118 Å². The van der Waals surface area contributed by atoms with Crippen LogP contribution < -0.4 is 10.6 Å². The molecular formula is C12H15BrN2O4. The van der Waals surface area contributed by atoms with Crippen molar-refractivity contribution in [3.63, 3.8) is 0 Å². The van der Waals surface area contributed by atoms with Gasteiger partial charge < -0.3 is 20.8 Å². The second kappa shape index (κ2) is 7.75. The first-order valence-electron chi connectivity index (χ1n) is 5.66.